The summed E-state index contributed by atoms with van der Waals surface area (Å²) in [6.45, 7) is 0. The van der Waals surface area contributed by atoms with Gasteiger partial charge in [0.15, 0.2) is 0 Å². The Bertz CT molecular complexity index is 872. The fourth-order valence-corrected chi connectivity index (χ4v) is 2.33. The number of benzene rings is 2. The van der Waals surface area contributed by atoms with Gasteiger partial charge in [-0.15, -0.1) is 0 Å². The number of hydrogen-bond acceptors (Lipinski definition) is 4. The number of para-hydroxylation sites is 1. The van der Waals surface area contributed by atoms with Gasteiger partial charge in [0.05, 0.1) is 5.52 Å². The molecule has 1 heterocycles. The summed E-state index contributed by atoms with van der Waals surface area (Å²) >= 11 is 0. The van der Waals surface area contributed by atoms with Crippen molar-refractivity contribution in [3.63, 3.8) is 0 Å². The third-order valence-electron chi connectivity index (χ3n) is 3.59. The molecule has 3 N–H and O–H groups in total. The van der Waals surface area contributed by atoms with Gasteiger partial charge in [0, 0.05) is 17.1 Å². The van der Waals surface area contributed by atoms with Crippen LogP contribution in [-0.2, 0) is 15.2 Å². The first kappa shape index (κ1) is 14.8. The molecule has 0 saturated carbocycles. The number of aliphatic hydroxyl groups is 1. The lowest BCUT2D eigenvalue weighted by Crippen LogP contribution is -2.51. The molecule has 1 amide bonds. The first-order valence-corrected chi connectivity index (χ1v) is 6.90. The maximum absolute atomic E-state index is 12.4. The molecule has 1 unspecified atom stereocenters. The van der Waals surface area contributed by atoms with E-state index >= 15 is 0 Å². The fraction of sp³-hybridized carbons (Fsp3) is 0.0588. The topological polar surface area (TPSA) is 94.6 Å². The highest BCUT2D eigenvalue weighted by atomic mass is 16.7. The monoisotopic (exact) mass is 310 g/mol. The van der Waals surface area contributed by atoms with Crippen LogP contribution in [0.3, 0.4) is 0 Å². The highest BCUT2D eigenvalue weighted by Gasteiger charge is 2.47. The Morgan fingerprint density at radius 3 is 2.35 bits per heavy atom. The van der Waals surface area contributed by atoms with Crippen LogP contribution < -0.4 is 10.6 Å². The third kappa shape index (κ3) is 2.45. The van der Waals surface area contributed by atoms with E-state index in [0.29, 0.717) is 5.52 Å². The number of primary amides is 1. The second-order valence-electron chi connectivity index (χ2n) is 5.02. The lowest BCUT2D eigenvalue weighted by molar-refractivity contribution is -0.171. The van der Waals surface area contributed by atoms with Crippen molar-refractivity contribution in [2.45, 2.75) is 5.60 Å². The summed E-state index contributed by atoms with van der Waals surface area (Å²) in [5.41, 5.74) is 3.36. The van der Waals surface area contributed by atoms with Gasteiger partial charge in [-0.25, -0.2) is 4.79 Å². The Kier molecular flexibility index (Phi) is 3.59. The van der Waals surface area contributed by atoms with Crippen molar-refractivity contribution in [1.82, 2.24) is 4.73 Å². The zero-order valence-corrected chi connectivity index (χ0v) is 12.0. The molecule has 6 heteroatoms. The SMILES string of the molecule is NC(=O)C(O)(C(=O)On1ccc2ccccc21)c1ccccc1. The van der Waals surface area contributed by atoms with Gasteiger partial charge in [0.1, 0.15) is 0 Å². The molecule has 0 aliphatic heterocycles. The quantitative estimate of drug-likeness (QED) is 0.702. The summed E-state index contributed by atoms with van der Waals surface area (Å²) < 4.78 is 1.19. The molecule has 116 valence electrons. The molecular formula is C17H14N2O4. The summed E-state index contributed by atoms with van der Waals surface area (Å²) in [4.78, 5) is 29.3. The minimum atomic E-state index is -2.56. The summed E-state index contributed by atoms with van der Waals surface area (Å²) in [5.74, 6) is -2.37. The van der Waals surface area contributed by atoms with E-state index in [1.165, 1.54) is 23.1 Å². The molecule has 0 fully saturated rings. The van der Waals surface area contributed by atoms with Crippen LogP contribution in [0, 0.1) is 0 Å². The van der Waals surface area contributed by atoms with E-state index in [2.05, 4.69) is 0 Å². The largest absolute Gasteiger partial charge is 0.378 e. The predicted molar refractivity (Wildman–Crippen MR) is 83.1 cm³/mol. The maximum Gasteiger partial charge on any atom is 0.378 e. The number of fused-ring (bicyclic) bond motifs is 1. The van der Waals surface area contributed by atoms with Gasteiger partial charge in [-0.1, -0.05) is 48.5 Å². The van der Waals surface area contributed by atoms with Crippen molar-refractivity contribution in [1.29, 1.82) is 0 Å². The molecule has 6 nitrogen and oxygen atoms in total. The smallest absolute Gasteiger partial charge is 0.367 e. The average molecular weight is 310 g/mol. The molecule has 0 spiro atoms. The van der Waals surface area contributed by atoms with Gasteiger partial charge in [-0.3, -0.25) is 4.79 Å². The number of carbonyl (C=O) groups is 2. The van der Waals surface area contributed by atoms with Gasteiger partial charge < -0.3 is 15.7 Å². The number of amides is 1. The van der Waals surface area contributed by atoms with Crippen molar-refractivity contribution in [2.24, 2.45) is 5.73 Å². The number of rotatable bonds is 4. The Morgan fingerprint density at radius 2 is 1.65 bits per heavy atom. The maximum atomic E-state index is 12.4. The van der Waals surface area contributed by atoms with Crippen LogP contribution in [0.4, 0.5) is 0 Å². The number of aromatic nitrogens is 1. The average Bonchev–Trinajstić information content (AvgIpc) is 2.98. The Hall–Kier alpha value is -3.12. The number of hydrogen-bond donors (Lipinski definition) is 2. The van der Waals surface area contributed by atoms with E-state index in [1.54, 1.807) is 36.4 Å². The Morgan fingerprint density at radius 1 is 1.00 bits per heavy atom. The molecule has 0 aliphatic rings. The van der Waals surface area contributed by atoms with E-state index in [9.17, 15) is 14.7 Å². The van der Waals surface area contributed by atoms with E-state index in [4.69, 9.17) is 10.6 Å². The molecule has 2 aromatic carbocycles. The van der Waals surface area contributed by atoms with Crippen LogP contribution >= 0.6 is 0 Å². The van der Waals surface area contributed by atoms with E-state index in [0.717, 1.165) is 5.39 Å². The molecule has 3 rings (SSSR count). The number of nitrogens with two attached hydrogens (primary N) is 1. The number of nitrogens with zero attached hydrogens (tertiary/aromatic N) is 1. The normalized spacial score (nSPS) is 13.4. The second-order valence-corrected chi connectivity index (χ2v) is 5.02. The molecule has 1 aromatic heterocycles. The number of carbonyl (C=O) groups excluding carboxylic acids is 2. The molecule has 3 aromatic rings. The van der Waals surface area contributed by atoms with Crippen LogP contribution in [0.2, 0.25) is 0 Å². The minimum Gasteiger partial charge on any atom is -0.367 e. The van der Waals surface area contributed by atoms with Crippen molar-refractivity contribution < 1.29 is 19.5 Å². The standard InChI is InChI=1S/C17H14N2O4/c18-15(20)17(22,13-7-2-1-3-8-13)16(21)23-19-11-10-12-6-4-5-9-14(12)19/h1-11,22H,(H2,18,20). The lowest BCUT2D eigenvalue weighted by Gasteiger charge is -2.22. The van der Waals surface area contributed by atoms with Crippen molar-refractivity contribution in [3.05, 3.63) is 72.4 Å². The van der Waals surface area contributed by atoms with E-state index in [1.807, 2.05) is 12.1 Å². The van der Waals surface area contributed by atoms with Crippen LogP contribution in [-0.4, -0.2) is 21.7 Å². The molecule has 0 aliphatic carbocycles. The summed E-state index contributed by atoms with van der Waals surface area (Å²) in [6, 6.07) is 16.7. The van der Waals surface area contributed by atoms with E-state index in [-0.39, 0.29) is 5.56 Å². The summed E-state index contributed by atoms with van der Waals surface area (Å²) in [6.07, 6.45) is 1.52. The van der Waals surface area contributed by atoms with Crippen molar-refractivity contribution in [3.8, 4) is 0 Å². The van der Waals surface area contributed by atoms with Crippen LogP contribution in [0.15, 0.2) is 66.9 Å². The Balaban J connectivity index is 1.98. The third-order valence-corrected chi connectivity index (χ3v) is 3.59. The summed E-state index contributed by atoms with van der Waals surface area (Å²) in [7, 11) is 0. The molecule has 23 heavy (non-hydrogen) atoms. The van der Waals surface area contributed by atoms with Crippen molar-refractivity contribution in [2.75, 3.05) is 0 Å². The van der Waals surface area contributed by atoms with E-state index < -0.39 is 17.5 Å². The minimum absolute atomic E-state index is 0.0500. The highest BCUT2D eigenvalue weighted by Crippen LogP contribution is 2.22. The van der Waals surface area contributed by atoms with Crippen molar-refractivity contribution >= 4 is 22.8 Å². The lowest BCUT2D eigenvalue weighted by atomic mass is 9.93. The van der Waals surface area contributed by atoms with Crippen LogP contribution in [0.25, 0.3) is 10.9 Å². The second kappa shape index (κ2) is 5.58. The molecule has 0 saturated heterocycles. The first-order valence-electron chi connectivity index (χ1n) is 6.90. The zero-order valence-electron chi connectivity index (χ0n) is 12.0. The van der Waals surface area contributed by atoms with Crippen LogP contribution in [0.1, 0.15) is 5.56 Å². The molecule has 0 radical (unpaired) electrons. The fourth-order valence-electron chi connectivity index (χ4n) is 2.33. The highest BCUT2D eigenvalue weighted by molar-refractivity contribution is 6.06. The van der Waals surface area contributed by atoms with Gasteiger partial charge in [-0.2, -0.15) is 4.73 Å². The summed E-state index contributed by atoms with van der Waals surface area (Å²) in [5, 5.41) is 11.4. The van der Waals surface area contributed by atoms with Gasteiger partial charge >= 0.3 is 5.97 Å². The van der Waals surface area contributed by atoms with Gasteiger partial charge in [0.25, 0.3) is 11.5 Å². The molecule has 1 atom stereocenters. The first-order chi connectivity index (χ1) is 11.0. The molecular weight excluding hydrogens is 296 g/mol. The zero-order chi connectivity index (χ0) is 16.4. The van der Waals surface area contributed by atoms with Gasteiger partial charge in [0.2, 0.25) is 0 Å². The van der Waals surface area contributed by atoms with Gasteiger partial charge in [-0.05, 0) is 12.1 Å². The molecule has 0 bridgehead atoms. The Labute approximate surface area is 131 Å². The predicted octanol–water partition coefficient (Wildman–Crippen LogP) is 0.970. The van der Waals surface area contributed by atoms with Crippen LogP contribution in [0.5, 0.6) is 0 Å².